The topological polar surface area (TPSA) is 61.8 Å². The molecule has 0 aliphatic carbocycles. The highest BCUT2D eigenvalue weighted by Gasteiger charge is 2.25. The molecule has 6 nitrogen and oxygen atoms in total. The Morgan fingerprint density at radius 2 is 2.11 bits per heavy atom. The van der Waals surface area contributed by atoms with Crippen molar-refractivity contribution >= 4 is 35.8 Å². The summed E-state index contributed by atoms with van der Waals surface area (Å²) < 4.78 is 19.6. The van der Waals surface area contributed by atoms with Gasteiger partial charge in [0.1, 0.15) is 5.75 Å². The molecule has 1 aromatic carbocycles. The molecule has 0 amide bonds. The molecule has 3 rings (SSSR count). The number of halogens is 2. The van der Waals surface area contributed by atoms with Crippen LogP contribution in [0.3, 0.4) is 0 Å². The molecule has 152 valence electrons. The van der Waals surface area contributed by atoms with Crippen LogP contribution in [-0.4, -0.2) is 50.3 Å². The van der Waals surface area contributed by atoms with Crippen molar-refractivity contribution in [3.8, 4) is 5.75 Å². The van der Waals surface area contributed by atoms with Crippen LogP contribution >= 0.6 is 24.0 Å². The summed E-state index contributed by atoms with van der Waals surface area (Å²) in [7, 11) is 1.75. The van der Waals surface area contributed by atoms with Gasteiger partial charge in [0.15, 0.2) is 17.6 Å². The standard InChI is InChI=1S/C20H26FN5O.HI/c1-22-20(24-12-6-14-27-17-7-3-2-4-8-17)25-16-10-13-26(15-16)19-18(21)9-5-11-23-19;/h2-5,7-9,11,16H,6,10,12-15H2,1H3,(H2,22,24,25);1H. The van der Waals surface area contributed by atoms with Crippen molar-refractivity contribution in [1.29, 1.82) is 0 Å². The van der Waals surface area contributed by atoms with Crippen molar-refractivity contribution in [3.05, 3.63) is 54.5 Å². The maximum atomic E-state index is 13.9. The Labute approximate surface area is 182 Å². The summed E-state index contributed by atoms with van der Waals surface area (Å²) in [4.78, 5) is 10.4. The van der Waals surface area contributed by atoms with Crippen LogP contribution in [0.25, 0.3) is 0 Å². The number of ether oxygens (including phenoxy) is 1. The number of aliphatic imine (C=N–C) groups is 1. The Bertz CT molecular complexity index is 746. The number of aromatic nitrogens is 1. The first-order chi connectivity index (χ1) is 13.3. The Balaban J connectivity index is 0.00000280. The third kappa shape index (κ3) is 6.50. The van der Waals surface area contributed by atoms with Crippen molar-refractivity contribution < 1.29 is 9.13 Å². The van der Waals surface area contributed by atoms with Crippen LogP contribution in [0.2, 0.25) is 0 Å². The highest BCUT2D eigenvalue weighted by molar-refractivity contribution is 14.0. The van der Waals surface area contributed by atoms with Gasteiger partial charge in [0, 0.05) is 38.9 Å². The van der Waals surface area contributed by atoms with E-state index in [1.807, 2.05) is 35.2 Å². The highest BCUT2D eigenvalue weighted by Crippen LogP contribution is 2.20. The summed E-state index contributed by atoms with van der Waals surface area (Å²) in [5.41, 5.74) is 0. The van der Waals surface area contributed by atoms with Crippen LogP contribution in [-0.2, 0) is 0 Å². The zero-order valence-corrected chi connectivity index (χ0v) is 18.3. The molecule has 1 atom stereocenters. The molecular formula is C20H27FIN5O. The zero-order valence-electron chi connectivity index (χ0n) is 16.0. The fourth-order valence-electron chi connectivity index (χ4n) is 3.05. The molecule has 1 aromatic heterocycles. The molecule has 0 spiro atoms. The molecule has 1 saturated heterocycles. The van der Waals surface area contributed by atoms with E-state index in [1.165, 1.54) is 6.07 Å². The van der Waals surface area contributed by atoms with E-state index in [4.69, 9.17) is 4.74 Å². The number of nitrogens with one attached hydrogen (secondary N) is 2. The first kappa shape index (κ1) is 22.2. The fourth-order valence-corrected chi connectivity index (χ4v) is 3.05. The maximum absolute atomic E-state index is 13.9. The molecule has 0 saturated carbocycles. The maximum Gasteiger partial charge on any atom is 0.191 e. The third-order valence-corrected chi connectivity index (χ3v) is 4.42. The monoisotopic (exact) mass is 499 g/mol. The average molecular weight is 499 g/mol. The number of hydrogen-bond acceptors (Lipinski definition) is 4. The minimum absolute atomic E-state index is 0. The molecule has 1 unspecified atom stereocenters. The lowest BCUT2D eigenvalue weighted by atomic mass is 10.3. The number of guanidine groups is 1. The van der Waals surface area contributed by atoms with Gasteiger partial charge < -0.3 is 20.3 Å². The van der Waals surface area contributed by atoms with Gasteiger partial charge in [0.25, 0.3) is 0 Å². The summed E-state index contributed by atoms with van der Waals surface area (Å²) in [6.45, 7) is 2.88. The smallest absolute Gasteiger partial charge is 0.191 e. The summed E-state index contributed by atoms with van der Waals surface area (Å²) in [6.07, 6.45) is 3.40. The van der Waals surface area contributed by atoms with E-state index in [-0.39, 0.29) is 35.8 Å². The third-order valence-electron chi connectivity index (χ3n) is 4.42. The second-order valence-electron chi connectivity index (χ2n) is 6.40. The van der Waals surface area contributed by atoms with Gasteiger partial charge in [-0.05, 0) is 37.1 Å². The second kappa shape index (κ2) is 11.7. The van der Waals surface area contributed by atoms with E-state index < -0.39 is 0 Å². The van der Waals surface area contributed by atoms with Gasteiger partial charge in [0.05, 0.1) is 6.61 Å². The van der Waals surface area contributed by atoms with Gasteiger partial charge in [-0.2, -0.15) is 0 Å². The van der Waals surface area contributed by atoms with Crippen LogP contribution in [0, 0.1) is 5.82 Å². The highest BCUT2D eigenvalue weighted by atomic mass is 127. The number of benzene rings is 1. The van der Waals surface area contributed by atoms with E-state index in [0.29, 0.717) is 19.0 Å². The van der Waals surface area contributed by atoms with Crippen LogP contribution in [0.1, 0.15) is 12.8 Å². The quantitative estimate of drug-likeness (QED) is 0.266. The van der Waals surface area contributed by atoms with E-state index in [0.717, 1.165) is 37.6 Å². The summed E-state index contributed by atoms with van der Waals surface area (Å²) in [5.74, 6) is 1.78. The summed E-state index contributed by atoms with van der Waals surface area (Å²) in [6, 6.07) is 13.0. The van der Waals surface area contributed by atoms with Crippen molar-refractivity contribution in [3.63, 3.8) is 0 Å². The minimum atomic E-state index is -0.279. The average Bonchev–Trinajstić information content (AvgIpc) is 3.16. The number of hydrogen-bond donors (Lipinski definition) is 2. The predicted octanol–water partition coefficient (Wildman–Crippen LogP) is 3.05. The van der Waals surface area contributed by atoms with Crippen LogP contribution in [0.5, 0.6) is 5.75 Å². The summed E-state index contributed by atoms with van der Waals surface area (Å²) in [5, 5.41) is 6.70. The van der Waals surface area contributed by atoms with Crippen LogP contribution < -0.4 is 20.3 Å². The Hall–Kier alpha value is -2.10. The number of pyridine rings is 1. The molecule has 0 radical (unpaired) electrons. The van der Waals surface area contributed by atoms with Crippen molar-refractivity contribution in [1.82, 2.24) is 15.6 Å². The van der Waals surface area contributed by atoms with Crippen molar-refractivity contribution in [2.75, 3.05) is 38.2 Å². The molecule has 28 heavy (non-hydrogen) atoms. The fraction of sp³-hybridized carbons (Fsp3) is 0.400. The molecular weight excluding hydrogens is 472 g/mol. The normalized spacial score (nSPS) is 16.4. The molecule has 8 heteroatoms. The van der Waals surface area contributed by atoms with Crippen molar-refractivity contribution in [2.45, 2.75) is 18.9 Å². The second-order valence-corrected chi connectivity index (χ2v) is 6.40. The molecule has 2 N–H and O–H groups in total. The van der Waals surface area contributed by atoms with E-state index in [9.17, 15) is 4.39 Å². The van der Waals surface area contributed by atoms with Gasteiger partial charge >= 0.3 is 0 Å². The van der Waals surface area contributed by atoms with Crippen molar-refractivity contribution in [2.24, 2.45) is 4.99 Å². The molecule has 1 aliphatic rings. The number of para-hydroxylation sites is 1. The molecule has 0 bridgehead atoms. The van der Waals surface area contributed by atoms with Crippen LogP contribution in [0.15, 0.2) is 53.7 Å². The number of rotatable bonds is 7. The van der Waals surface area contributed by atoms with E-state index in [1.54, 1.807) is 19.3 Å². The lowest BCUT2D eigenvalue weighted by Crippen LogP contribution is -2.45. The lowest BCUT2D eigenvalue weighted by molar-refractivity contribution is 0.311. The minimum Gasteiger partial charge on any atom is -0.494 e. The molecule has 2 heterocycles. The van der Waals surface area contributed by atoms with E-state index in [2.05, 4.69) is 20.6 Å². The Morgan fingerprint density at radius 1 is 1.29 bits per heavy atom. The van der Waals surface area contributed by atoms with Gasteiger partial charge in [-0.15, -0.1) is 24.0 Å². The van der Waals surface area contributed by atoms with Gasteiger partial charge in [-0.25, -0.2) is 9.37 Å². The molecule has 1 aliphatic heterocycles. The van der Waals surface area contributed by atoms with Crippen LogP contribution in [0.4, 0.5) is 10.2 Å². The number of nitrogens with zero attached hydrogens (tertiary/aromatic N) is 3. The number of anilines is 1. The molecule has 1 fully saturated rings. The van der Waals surface area contributed by atoms with Gasteiger partial charge in [-0.3, -0.25) is 4.99 Å². The SMILES string of the molecule is CN=C(NCCCOc1ccccc1)NC1CCN(c2ncccc2F)C1.I. The zero-order chi connectivity index (χ0) is 18.9. The Morgan fingerprint density at radius 3 is 2.86 bits per heavy atom. The van der Waals surface area contributed by atoms with E-state index >= 15 is 0 Å². The first-order valence-corrected chi connectivity index (χ1v) is 9.27. The Kier molecular flexibility index (Phi) is 9.26. The molecule has 2 aromatic rings. The largest absolute Gasteiger partial charge is 0.494 e. The predicted molar refractivity (Wildman–Crippen MR) is 121 cm³/mol. The lowest BCUT2D eigenvalue weighted by Gasteiger charge is -2.20. The first-order valence-electron chi connectivity index (χ1n) is 9.27. The summed E-state index contributed by atoms with van der Waals surface area (Å²) >= 11 is 0. The van der Waals surface area contributed by atoms with Gasteiger partial charge in [-0.1, -0.05) is 18.2 Å². The van der Waals surface area contributed by atoms with Gasteiger partial charge in [0.2, 0.25) is 0 Å².